The lowest BCUT2D eigenvalue weighted by Crippen LogP contribution is -2.40. The predicted octanol–water partition coefficient (Wildman–Crippen LogP) is 4.08. The van der Waals surface area contributed by atoms with Crippen molar-refractivity contribution in [3.63, 3.8) is 0 Å². The van der Waals surface area contributed by atoms with Gasteiger partial charge in [0.05, 0.1) is 0 Å². The fraction of sp³-hybridized carbons (Fsp3) is 0.625. The topological polar surface area (TPSA) is 0 Å². The third-order valence-electron chi connectivity index (χ3n) is 5.66. The van der Waals surface area contributed by atoms with Crippen LogP contribution in [0.25, 0.3) is 0 Å². The van der Waals surface area contributed by atoms with E-state index in [-0.39, 0.29) is 0 Å². The number of rotatable bonds is 0. The summed E-state index contributed by atoms with van der Waals surface area (Å²) in [5.74, 6) is 2.06. The Morgan fingerprint density at radius 3 is 2.94 bits per heavy atom. The van der Waals surface area contributed by atoms with Crippen LogP contribution >= 0.6 is 0 Å². The Hall–Kier alpha value is -0.780. The molecule has 0 nitrogen and oxygen atoms in total. The van der Waals surface area contributed by atoms with E-state index in [1.165, 1.54) is 44.9 Å². The molecule has 2 fully saturated rings. The minimum atomic E-state index is 0.623. The van der Waals surface area contributed by atoms with E-state index in [4.69, 9.17) is 0 Å². The van der Waals surface area contributed by atoms with Crippen LogP contribution in [0.5, 0.6) is 0 Å². The van der Waals surface area contributed by atoms with Gasteiger partial charge < -0.3 is 0 Å². The van der Waals surface area contributed by atoms with E-state index in [2.05, 4.69) is 24.3 Å². The molecule has 4 rings (SSSR count). The van der Waals surface area contributed by atoms with E-state index in [0.717, 1.165) is 11.8 Å². The molecule has 0 saturated heterocycles. The molecule has 0 amide bonds. The van der Waals surface area contributed by atoms with Crippen LogP contribution in [-0.2, 0) is 11.8 Å². The molecular weight excluding hydrogens is 192 g/mol. The van der Waals surface area contributed by atoms with Gasteiger partial charge in [0, 0.05) is 0 Å². The number of fused-ring (bicyclic) bond motifs is 1. The molecule has 0 aromatic heterocycles. The van der Waals surface area contributed by atoms with Gasteiger partial charge in [-0.05, 0) is 60.5 Å². The molecule has 0 unspecified atom stereocenters. The first kappa shape index (κ1) is 9.27. The number of benzene rings is 1. The Morgan fingerprint density at radius 2 is 1.94 bits per heavy atom. The fourth-order valence-electron chi connectivity index (χ4n) is 5.09. The minimum Gasteiger partial charge on any atom is -0.0620 e. The molecule has 84 valence electrons. The summed E-state index contributed by atoms with van der Waals surface area (Å²) in [5.41, 5.74) is 4.05. The molecule has 3 aliphatic rings. The molecule has 0 aliphatic heterocycles. The van der Waals surface area contributed by atoms with Crippen LogP contribution in [0.2, 0.25) is 0 Å². The summed E-state index contributed by atoms with van der Waals surface area (Å²) in [6, 6.07) is 9.32. The van der Waals surface area contributed by atoms with Gasteiger partial charge in [-0.15, -0.1) is 0 Å². The molecular formula is C16H20. The molecule has 1 aromatic rings. The minimum absolute atomic E-state index is 0.623. The zero-order valence-corrected chi connectivity index (χ0v) is 9.91. The first-order valence-corrected chi connectivity index (χ1v) is 6.98. The molecule has 3 aliphatic carbocycles. The predicted molar refractivity (Wildman–Crippen MR) is 66.5 cm³/mol. The molecule has 3 atom stereocenters. The van der Waals surface area contributed by atoms with Crippen LogP contribution in [0.15, 0.2) is 24.3 Å². The average Bonchev–Trinajstić information content (AvgIpc) is 2.63. The monoisotopic (exact) mass is 212 g/mol. The summed E-state index contributed by atoms with van der Waals surface area (Å²) in [6.45, 7) is 0. The van der Waals surface area contributed by atoms with Gasteiger partial charge in [0.15, 0.2) is 0 Å². The van der Waals surface area contributed by atoms with Crippen LogP contribution in [0.4, 0.5) is 0 Å². The standard InChI is InChI=1S/C16H20/c1-2-6-14-12(5-1)11-13-8-10-16(14)9-4-3-7-15(13)16/h1-2,5-6,13,15H,3-4,7-11H2/t13-,15+,16+/m1/s1. The van der Waals surface area contributed by atoms with Gasteiger partial charge in [-0.1, -0.05) is 37.1 Å². The lowest BCUT2D eigenvalue weighted by molar-refractivity contribution is 0.167. The van der Waals surface area contributed by atoms with E-state index >= 15 is 0 Å². The highest BCUT2D eigenvalue weighted by atomic mass is 14.6. The van der Waals surface area contributed by atoms with Crippen molar-refractivity contribution in [2.24, 2.45) is 11.8 Å². The highest BCUT2D eigenvalue weighted by Crippen LogP contribution is 2.60. The maximum Gasteiger partial charge on any atom is -0.00132 e. The summed E-state index contributed by atoms with van der Waals surface area (Å²) in [6.07, 6.45) is 10.3. The van der Waals surface area contributed by atoms with Crippen molar-refractivity contribution >= 4 is 0 Å². The second-order valence-electron chi connectivity index (χ2n) is 6.17. The van der Waals surface area contributed by atoms with Crippen molar-refractivity contribution < 1.29 is 0 Å². The molecule has 16 heavy (non-hydrogen) atoms. The van der Waals surface area contributed by atoms with Gasteiger partial charge in [0.25, 0.3) is 0 Å². The van der Waals surface area contributed by atoms with Crippen LogP contribution in [-0.4, -0.2) is 0 Å². The zero-order chi connectivity index (χ0) is 10.6. The molecule has 0 spiro atoms. The van der Waals surface area contributed by atoms with Crippen molar-refractivity contribution in [2.45, 2.75) is 50.4 Å². The van der Waals surface area contributed by atoms with Crippen LogP contribution in [0.1, 0.15) is 49.7 Å². The van der Waals surface area contributed by atoms with Gasteiger partial charge in [-0.2, -0.15) is 0 Å². The second kappa shape index (κ2) is 3.12. The van der Waals surface area contributed by atoms with Gasteiger partial charge in [0.1, 0.15) is 0 Å². The SMILES string of the molecule is c1ccc2c(c1)C[C@H]1CC[C@@]23CCCC[C@@H]13. The Labute approximate surface area is 98.1 Å². The van der Waals surface area contributed by atoms with Gasteiger partial charge in [0.2, 0.25) is 0 Å². The Bertz CT molecular complexity index is 420. The van der Waals surface area contributed by atoms with Crippen molar-refractivity contribution in [1.82, 2.24) is 0 Å². The summed E-state index contributed by atoms with van der Waals surface area (Å²) >= 11 is 0. The van der Waals surface area contributed by atoms with Crippen LogP contribution in [0.3, 0.4) is 0 Å². The normalized spacial score (nSPS) is 40.2. The Kier molecular flexibility index (Phi) is 1.81. The highest BCUT2D eigenvalue weighted by Gasteiger charge is 2.53. The van der Waals surface area contributed by atoms with E-state index < -0.39 is 0 Å². The fourth-order valence-corrected chi connectivity index (χ4v) is 5.09. The van der Waals surface area contributed by atoms with Crippen molar-refractivity contribution in [3.05, 3.63) is 35.4 Å². The molecule has 2 saturated carbocycles. The molecule has 2 bridgehead atoms. The van der Waals surface area contributed by atoms with E-state index in [9.17, 15) is 0 Å². The van der Waals surface area contributed by atoms with Crippen molar-refractivity contribution in [2.75, 3.05) is 0 Å². The largest absolute Gasteiger partial charge is 0.0620 e. The summed E-state index contributed by atoms with van der Waals surface area (Å²) in [5, 5.41) is 0. The van der Waals surface area contributed by atoms with Gasteiger partial charge in [-0.3, -0.25) is 0 Å². The third-order valence-corrected chi connectivity index (χ3v) is 5.66. The molecule has 0 heterocycles. The number of hydrogen-bond donors (Lipinski definition) is 0. The molecule has 1 aromatic carbocycles. The smallest absolute Gasteiger partial charge is 0.00132 e. The lowest BCUT2D eigenvalue weighted by Gasteiger charge is -2.46. The average molecular weight is 212 g/mol. The van der Waals surface area contributed by atoms with Gasteiger partial charge in [-0.25, -0.2) is 0 Å². The lowest BCUT2D eigenvalue weighted by atomic mass is 9.58. The summed E-state index contributed by atoms with van der Waals surface area (Å²) in [4.78, 5) is 0. The van der Waals surface area contributed by atoms with E-state index in [1.54, 1.807) is 11.1 Å². The zero-order valence-electron chi connectivity index (χ0n) is 9.91. The summed E-state index contributed by atoms with van der Waals surface area (Å²) in [7, 11) is 0. The molecule has 0 N–H and O–H groups in total. The van der Waals surface area contributed by atoms with Crippen molar-refractivity contribution in [1.29, 1.82) is 0 Å². The second-order valence-corrected chi connectivity index (χ2v) is 6.17. The first-order chi connectivity index (χ1) is 7.90. The Morgan fingerprint density at radius 1 is 1.00 bits per heavy atom. The van der Waals surface area contributed by atoms with Gasteiger partial charge >= 0.3 is 0 Å². The number of hydrogen-bond acceptors (Lipinski definition) is 0. The van der Waals surface area contributed by atoms with E-state index in [0.29, 0.717) is 5.41 Å². The Balaban J connectivity index is 1.92. The summed E-state index contributed by atoms with van der Waals surface area (Å²) < 4.78 is 0. The molecule has 0 heteroatoms. The van der Waals surface area contributed by atoms with Crippen LogP contribution in [0, 0.1) is 11.8 Å². The van der Waals surface area contributed by atoms with Crippen molar-refractivity contribution in [3.8, 4) is 0 Å². The quantitative estimate of drug-likeness (QED) is 0.608. The first-order valence-electron chi connectivity index (χ1n) is 6.98. The van der Waals surface area contributed by atoms with E-state index in [1.807, 2.05) is 0 Å². The molecule has 0 radical (unpaired) electrons. The third kappa shape index (κ3) is 1.01. The van der Waals surface area contributed by atoms with Crippen LogP contribution < -0.4 is 0 Å². The maximum atomic E-state index is 2.44. The maximum absolute atomic E-state index is 2.44. The highest BCUT2D eigenvalue weighted by molar-refractivity contribution is 5.40.